The van der Waals surface area contributed by atoms with E-state index >= 15 is 0 Å². The maximum absolute atomic E-state index is 12.9. The molecule has 2 N–H and O–H groups in total. The molecule has 200 valence electrons. The predicted molar refractivity (Wildman–Crippen MR) is 129 cm³/mol. The summed E-state index contributed by atoms with van der Waals surface area (Å²) in [6, 6.07) is 0. The molecule has 0 spiro atoms. The van der Waals surface area contributed by atoms with Crippen molar-refractivity contribution < 1.29 is 43.5 Å². The number of esters is 2. The molecule has 9 heteroatoms. The monoisotopic (exact) mass is 498 g/mol. The van der Waals surface area contributed by atoms with Crippen LogP contribution in [0.2, 0.25) is 0 Å². The first kappa shape index (κ1) is 31.0. The van der Waals surface area contributed by atoms with Crippen molar-refractivity contribution in [1.82, 2.24) is 0 Å². The van der Waals surface area contributed by atoms with Crippen molar-refractivity contribution in [2.75, 3.05) is 20.8 Å². The van der Waals surface area contributed by atoms with Gasteiger partial charge in [0.2, 0.25) is 5.79 Å². The molecule has 9 nitrogen and oxygen atoms in total. The van der Waals surface area contributed by atoms with Crippen LogP contribution in [0.1, 0.15) is 72.1 Å². The third-order valence-electron chi connectivity index (χ3n) is 6.26. The molecule has 1 rings (SSSR count). The van der Waals surface area contributed by atoms with Gasteiger partial charge in [-0.05, 0) is 24.5 Å². The van der Waals surface area contributed by atoms with Gasteiger partial charge in [0.05, 0.1) is 25.9 Å². The summed E-state index contributed by atoms with van der Waals surface area (Å²) in [5.74, 6) is -2.74. The first-order valence-electron chi connectivity index (χ1n) is 12.2. The standard InChI is InChI=1S/C26H42O9/c1-6-7-8-9-10-12-22(30)34-24-19(16-23(31)32-4)15-21(17-20(29)18-28)35-26(24,33-5)25(2,3)13-11-14-27/h11,13-14,16,20-21,24,28-29H,6-10,12,15,17-18H2,1-5H3/t20-,21+,24+,26-/m1/s1. The van der Waals surface area contributed by atoms with Crippen LogP contribution in [0.25, 0.3) is 0 Å². The lowest BCUT2D eigenvalue weighted by Gasteiger charge is -2.53. The number of carbonyl (C=O) groups is 3. The molecule has 0 saturated carbocycles. The Balaban J connectivity index is 3.44. The number of methoxy groups -OCH3 is 2. The highest BCUT2D eigenvalue weighted by Gasteiger charge is 2.59. The molecular weight excluding hydrogens is 456 g/mol. The Morgan fingerprint density at radius 3 is 2.49 bits per heavy atom. The van der Waals surface area contributed by atoms with Gasteiger partial charge in [-0.25, -0.2) is 4.79 Å². The fourth-order valence-electron chi connectivity index (χ4n) is 4.34. The van der Waals surface area contributed by atoms with E-state index in [2.05, 4.69) is 6.92 Å². The Hall–Kier alpha value is -2.07. The van der Waals surface area contributed by atoms with Gasteiger partial charge >= 0.3 is 11.9 Å². The number of hydrogen-bond donors (Lipinski definition) is 2. The summed E-state index contributed by atoms with van der Waals surface area (Å²) in [6.07, 6.45) is 7.05. The van der Waals surface area contributed by atoms with Crippen molar-refractivity contribution in [3.8, 4) is 0 Å². The summed E-state index contributed by atoms with van der Waals surface area (Å²) in [4.78, 5) is 36.2. The van der Waals surface area contributed by atoms with Crippen molar-refractivity contribution >= 4 is 18.2 Å². The molecule has 0 aromatic rings. The topological polar surface area (TPSA) is 129 Å². The highest BCUT2D eigenvalue weighted by atomic mass is 16.7. The molecule has 4 atom stereocenters. The number of rotatable bonds is 15. The number of carbonyl (C=O) groups excluding carboxylic acids is 3. The molecule has 35 heavy (non-hydrogen) atoms. The summed E-state index contributed by atoms with van der Waals surface area (Å²) in [5.41, 5.74) is -0.626. The smallest absolute Gasteiger partial charge is 0.330 e. The van der Waals surface area contributed by atoms with Gasteiger partial charge in [-0.1, -0.05) is 52.5 Å². The van der Waals surface area contributed by atoms with Gasteiger partial charge in [0.1, 0.15) is 6.29 Å². The molecule has 0 aromatic heterocycles. The maximum Gasteiger partial charge on any atom is 0.330 e. The fraction of sp³-hybridized carbons (Fsp3) is 0.731. The molecule has 1 aliphatic heterocycles. The normalized spacial score (nSPS) is 24.9. The first-order valence-corrected chi connectivity index (χ1v) is 12.2. The maximum atomic E-state index is 12.9. The lowest BCUT2D eigenvalue weighted by Crippen LogP contribution is -2.63. The van der Waals surface area contributed by atoms with Gasteiger partial charge in [-0.2, -0.15) is 0 Å². The summed E-state index contributed by atoms with van der Waals surface area (Å²) < 4.78 is 23.0. The van der Waals surface area contributed by atoms with Crippen molar-refractivity contribution in [3.63, 3.8) is 0 Å². The van der Waals surface area contributed by atoms with Gasteiger partial charge in [0, 0.05) is 31.4 Å². The van der Waals surface area contributed by atoms with Gasteiger partial charge in [-0.3, -0.25) is 9.59 Å². The average Bonchev–Trinajstić information content (AvgIpc) is 2.83. The van der Waals surface area contributed by atoms with Crippen LogP contribution in [0.5, 0.6) is 0 Å². The van der Waals surface area contributed by atoms with Crippen LogP contribution in [0.15, 0.2) is 23.8 Å². The number of ether oxygens (including phenoxy) is 4. The van der Waals surface area contributed by atoms with Crippen LogP contribution >= 0.6 is 0 Å². The summed E-state index contributed by atoms with van der Waals surface area (Å²) in [6.45, 7) is 5.15. The Kier molecular flexibility index (Phi) is 13.4. The van der Waals surface area contributed by atoms with Crippen molar-refractivity contribution in [2.24, 2.45) is 5.41 Å². The Labute approximate surface area is 208 Å². The second-order valence-electron chi connectivity index (χ2n) is 9.38. The molecule has 1 heterocycles. The zero-order valence-corrected chi connectivity index (χ0v) is 21.7. The van der Waals surface area contributed by atoms with Crippen LogP contribution in [-0.2, 0) is 33.3 Å². The third-order valence-corrected chi connectivity index (χ3v) is 6.26. The van der Waals surface area contributed by atoms with Crippen molar-refractivity contribution in [1.29, 1.82) is 0 Å². The van der Waals surface area contributed by atoms with Crippen LogP contribution in [0.3, 0.4) is 0 Å². The largest absolute Gasteiger partial charge is 0.466 e. The SMILES string of the molecule is CCCCCCCC(=O)O[C@H]1C(=CC(=O)OC)C[C@@H](C[C@@H](O)CO)O[C@@]1(OC)C(C)(C)C=CC=O. The molecule has 1 fully saturated rings. The van der Waals surface area contributed by atoms with E-state index in [1.165, 1.54) is 26.4 Å². The number of aliphatic hydroxyl groups is 2. The Morgan fingerprint density at radius 2 is 1.91 bits per heavy atom. The molecule has 1 saturated heterocycles. The molecule has 0 bridgehead atoms. The van der Waals surface area contributed by atoms with E-state index in [-0.39, 0.29) is 19.3 Å². The summed E-state index contributed by atoms with van der Waals surface area (Å²) in [5, 5.41) is 19.4. The lowest BCUT2D eigenvalue weighted by atomic mass is 9.74. The molecule has 0 aliphatic carbocycles. The second-order valence-corrected chi connectivity index (χ2v) is 9.38. The highest BCUT2D eigenvalue weighted by Crippen LogP contribution is 2.48. The molecule has 1 aliphatic rings. The van der Waals surface area contributed by atoms with Crippen LogP contribution in [0, 0.1) is 5.41 Å². The van der Waals surface area contributed by atoms with Gasteiger partial charge in [-0.15, -0.1) is 0 Å². The number of allylic oxidation sites excluding steroid dienone is 1. The Bertz CT molecular complexity index is 743. The molecule has 0 radical (unpaired) electrons. The molecule has 0 amide bonds. The fourth-order valence-corrected chi connectivity index (χ4v) is 4.34. The first-order chi connectivity index (χ1) is 16.6. The van der Waals surface area contributed by atoms with E-state index in [9.17, 15) is 24.6 Å². The molecule has 0 unspecified atom stereocenters. The summed E-state index contributed by atoms with van der Waals surface area (Å²) >= 11 is 0. The zero-order valence-electron chi connectivity index (χ0n) is 21.7. The van der Waals surface area contributed by atoms with Gasteiger partial charge in [0.15, 0.2) is 6.10 Å². The van der Waals surface area contributed by atoms with E-state index in [0.717, 1.165) is 25.7 Å². The lowest BCUT2D eigenvalue weighted by molar-refractivity contribution is -0.338. The van der Waals surface area contributed by atoms with Crippen LogP contribution in [0.4, 0.5) is 0 Å². The quantitative estimate of drug-likeness (QED) is 0.151. The minimum atomic E-state index is -1.64. The Morgan fingerprint density at radius 1 is 1.23 bits per heavy atom. The number of unbranched alkanes of at least 4 members (excludes halogenated alkanes) is 4. The van der Waals surface area contributed by atoms with E-state index in [1.54, 1.807) is 19.9 Å². The number of hydrogen-bond acceptors (Lipinski definition) is 9. The van der Waals surface area contributed by atoms with Gasteiger partial charge in [0.25, 0.3) is 0 Å². The third kappa shape index (κ3) is 8.83. The van der Waals surface area contributed by atoms with Crippen LogP contribution in [-0.4, -0.2) is 73.4 Å². The highest BCUT2D eigenvalue weighted by molar-refractivity contribution is 5.83. The predicted octanol–water partition coefficient (Wildman–Crippen LogP) is 3.01. The minimum Gasteiger partial charge on any atom is -0.466 e. The van der Waals surface area contributed by atoms with E-state index < -0.39 is 48.1 Å². The van der Waals surface area contributed by atoms with Crippen molar-refractivity contribution in [3.05, 3.63) is 23.8 Å². The minimum absolute atomic E-state index is 0.0473. The molecule has 0 aromatic carbocycles. The summed E-state index contributed by atoms with van der Waals surface area (Å²) in [7, 11) is 2.63. The number of aliphatic hydroxyl groups excluding tert-OH is 2. The van der Waals surface area contributed by atoms with E-state index in [0.29, 0.717) is 18.3 Å². The van der Waals surface area contributed by atoms with Crippen LogP contribution < -0.4 is 0 Å². The van der Waals surface area contributed by atoms with Crippen molar-refractivity contribution in [2.45, 2.75) is 96.2 Å². The molecular formula is C26H42O9. The average molecular weight is 499 g/mol. The zero-order chi connectivity index (χ0) is 26.5. The van der Waals surface area contributed by atoms with E-state index in [1.807, 2.05) is 0 Å². The van der Waals surface area contributed by atoms with Gasteiger partial charge < -0.3 is 29.2 Å². The number of aldehydes is 1. The van der Waals surface area contributed by atoms with E-state index in [4.69, 9.17) is 18.9 Å². The second kappa shape index (κ2) is 15.1.